The first-order valence-corrected chi connectivity index (χ1v) is 5.46. The molecule has 0 aliphatic carbocycles. The molecule has 0 spiro atoms. The second-order valence-electron chi connectivity index (χ2n) is 3.99. The van der Waals surface area contributed by atoms with E-state index in [1.807, 2.05) is 18.2 Å². The molecule has 1 aromatic carbocycles. The Morgan fingerprint density at radius 3 is 3.11 bits per heavy atom. The lowest BCUT2D eigenvalue weighted by molar-refractivity contribution is 0.101. The Balaban J connectivity index is 1.88. The van der Waals surface area contributed by atoms with E-state index in [0.29, 0.717) is 11.5 Å². The summed E-state index contributed by atoms with van der Waals surface area (Å²) in [5.41, 5.74) is 1.59. The molecular formula is C12H11N5O. The number of carbonyl (C=O) groups excluding carboxylic acids is 1. The van der Waals surface area contributed by atoms with Gasteiger partial charge in [0.05, 0.1) is 11.7 Å². The number of rotatable bonds is 2. The van der Waals surface area contributed by atoms with E-state index in [1.165, 1.54) is 0 Å². The Morgan fingerprint density at radius 1 is 1.44 bits per heavy atom. The molecule has 0 aliphatic heterocycles. The van der Waals surface area contributed by atoms with Crippen molar-refractivity contribution in [2.45, 2.75) is 0 Å². The molecule has 90 valence electrons. The van der Waals surface area contributed by atoms with Crippen LogP contribution >= 0.6 is 0 Å². The van der Waals surface area contributed by atoms with Gasteiger partial charge < -0.3 is 9.88 Å². The third-order valence-corrected chi connectivity index (χ3v) is 2.72. The number of aryl methyl sites for hydroxylation is 1. The van der Waals surface area contributed by atoms with Crippen molar-refractivity contribution in [2.75, 3.05) is 5.32 Å². The molecular weight excluding hydrogens is 230 g/mol. The zero-order chi connectivity index (χ0) is 12.5. The van der Waals surface area contributed by atoms with Crippen LogP contribution in [0.4, 0.5) is 5.69 Å². The lowest BCUT2D eigenvalue weighted by Gasteiger charge is -2.04. The minimum absolute atomic E-state index is 0.235. The van der Waals surface area contributed by atoms with Crippen molar-refractivity contribution in [1.29, 1.82) is 0 Å². The number of hydrogen-bond acceptors (Lipinski definition) is 3. The molecule has 0 bridgehead atoms. The molecule has 6 nitrogen and oxygen atoms in total. The Morgan fingerprint density at radius 2 is 2.33 bits per heavy atom. The maximum absolute atomic E-state index is 12.0. The summed E-state index contributed by atoms with van der Waals surface area (Å²) in [6, 6.07) is 5.56. The van der Waals surface area contributed by atoms with E-state index in [4.69, 9.17) is 0 Å². The molecule has 2 N–H and O–H groups in total. The van der Waals surface area contributed by atoms with Crippen LogP contribution in [0, 0.1) is 0 Å². The first-order valence-electron chi connectivity index (χ1n) is 5.46. The van der Waals surface area contributed by atoms with E-state index < -0.39 is 0 Å². The van der Waals surface area contributed by atoms with Crippen LogP contribution in [-0.4, -0.2) is 25.7 Å². The number of fused-ring (bicyclic) bond motifs is 1. The minimum atomic E-state index is -0.235. The van der Waals surface area contributed by atoms with E-state index in [-0.39, 0.29) is 5.91 Å². The summed E-state index contributed by atoms with van der Waals surface area (Å²) >= 11 is 0. The third-order valence-electron chi connectivity index (χ3n) is 2.72. The molecule has 0 aliphatic rings. The van der Waals surface area contributed by atoms with Crippen molar-refractivity contribution in [1.82, 2.24) is 19.7 Å². The highest BCUT2D eigenvalue weighted by Gasteiger charge is 2.11. The molecule has 3 aromatic rings. The van der Waals surface area contributed by atoms with Gasteiger partial charge in [-0.1, -0.05) is 0 Å². The lowest BCUT2D eigenvalue weighted by atomic mass is 10.2. The fourth-order valence-electron chi connectivity index (χ4n) is 1.79. The molecule has 0 fully saturated rings. The molecule has 2 heterocycles. The summed E-state index contributed by atoms with van der Waals surface area (Å²) in [4.78, 5) is 15.9. The van der Waals surface area contributed by atoms with E-state index in [2.05, 4.69) is 20.5 Å². The number of H-pyrrole nitrogens is 1. The standard InChI is InChI=1S/C12H11N5O/c1-17-5-4-13-11(17)12(18)15-9-3-2-8-7-14-16-10(8)6-9/h2-7H,1H3,(H,14,16)(H,15,18). The quantitative estimate of drug-likeness (QED) is 0.714. The van der Waals surface area contributed by atoms with Crippen LogP contribution in [0.3, 0.4) is 0 Å². The largest absolute Gasteiger partial charge is 0.330 e. The van der Waals surface area contributed by atoms with Gasteiger partial charge in [-0.25, -0.2) is 4.98 Å². The lowest BCUT2D eigenvalue weighted by Crippen LogP contribution is -2.16. The maximum Gasteiger partial charge on any atom is 0.291 e. The minimum Gasteiger partial charge on any atom is -0.330 e. The molecule has 0 saturated carbocycles. The van der Waals surface area contributed by atoms with Crippen molar-refractivity contribution in [3.05, 3.63) is 42.6 Å². The van der Waals surface area contributed by atoms with Gasteiger partial charge in [-0.2, -0.15) is 5.10 Å². The first kappa shape index (κ1) is 10.5. The number of hydrogen-bond donors (Lipinski definition) is 2. The zero-order valence-corrected chi connectivity index (χ0v) is 9.71. The van der Waals surface area contributed by atoms with Crippen LogP contribution in [0.25, 0.3) is 10.9 Å². The van der Waals surface area contributed by atoms with Crippen molar-refractivity contribution in [2.24, 2.45) is 7.05 Å². The summed E-state index contributed by atoms with van der Waals surface area (Å²) in [7, 11) is 1.78. The van der Waals surface area contributed by atoms with Crippen LogP contribution < -0.4 is 5.32 Å². The number of carbonyl (C=O) groups is 1. The number of anilines is 1. The number of nitrogens with one attached hydrogen (secondary N) is 2. The Kier molecular flexibility index (Phi) is 2.33. The molecule has 18 heavy (non-hydrogen) atoms. The van der Waals surface area contributed by atoms with Gasteiger partial charge in [0, 0.05) is 30.5 Å². The fraction of sp³-hybridized carbons (Fsp3) is 0.0833. The Labute approximate surface area is 103 Å². The number of aromatic amines is 1. The van der Waals surface area contributed by atoms with Crippen molar-refractivity contribution in [3.8, 4) is 0 Å². The summed E-state index contributed by atoms with van der Waals surface area (Å²) in [6.07, 6.45) is 5.06. The second kappa shape index (κ2) is 3.99. The SMILES string of the molecule is Cn1ccnc1C(=O)Nc1ccc2cn[nH]c2c1. The van der Waals surface area contributed by atoms with Gasteiger partial charge in [-0.3, -0.25) is 9.89 Å². The number of nitrogens with zero attached hydrogens (tertiary/aromatic N) is 3. The van der Waals surface area contributed by atoms with Crippen LogP contribution in [-0.2, 0) is 7.05 Å². The van der Waals surface area contributed by atoms with Crippen LogP contribution in [0.15, 0.2) is 36.8 Å². The number of amides is 1. The van der Waals surface area contributed by atoms with Crippen LogP contribution in [0.2, 0.25) is 0 Å². The monoisotopic (exact) mass is 241 g/mol. The van der Waals surface area contributed by atoms with Crippen LogP contribution in [0.1, 0.15) is 10.6 Å². The summed E-state index contributed by atoms with van der Waals surface area (Å²) in [5.74, 6) is 0.140. The summed E-state index contributed by atoms with van der Waals surface area (Å²) in [6.45, 7) is 0. The molecule has 2 aromatic heterocycles. The summed E-state index contributed by atoms with van der Waals surface area (Å²) in [5, 5.41) is 10.6. The van der Waals surface area contributed by atoms with E-state index in [0.717, 1.165) is 10.9 Å². The highest BCUT2D eigenvalue weighted by molar-refractivity contribution is 6.02. The molecule has 0 atom stereocenters. The van der Waals surface area contributed by atoms with E-state index >= 15 is 0 Å². The van der Waals surface area contributed by atoms with Gasteiger partial charge in [0.15, 0.2) is 5.82 Å². The van der Waals surface area contributed by atoms with Gasteiger partial charge in [0.1, 0.15) is 0 Å². The molecule has 0 radical (unpaired) electrons. The van der Waals surface area contributed by atoms with Gasteiger partial charge in [0.2, 0.25) is 0 Å². The molecule has 3 rings (SSSR count). The number of benzene rings is 1. The zero-order valence-electron chi connectivity index (χ0n) is 9.71. The van der Waals surface area contributed by atoms with Gasteiger partial charge in [-0.15, -0.1) is 0 Å². The van der Waals surface area contributed by atoms with Gasteiger partial charge >= 0.3 is 0 Å². The van der Waals surface area contributed by atoms with Crippen LogP contribution in [0.5, 0.6) is 0 Å². The number of imidazole rings is 1. The molecule has 6 heteroatoms. The first-order chi connectivity index (χ1) is 8.74. The van der Waals surface area contributed by atoms with Gasteiger partial charge in [0.25, 0.3) is 5.91 Å². The fourth-order valence-corrected chi connectivity index (χ4v) is 1.79. The molecule has 0 unspecified atom stereocenters. The topological polar surface area (TPSA) is 75.6 Å². The average molecular weight is 241 g/mol. The van der Waals surface area contributed by atoms with Crippen molar-refractivity contribution in [3.63, 3.8) is 0 Å². The second-order valence-corrected chi connectivity index (χ2v) is 3.99. The van der Waals surface area contributed by atoms with E-state index in [9.17, 15) is 4.79 Å². The van der Waals surface area contributed by atoms with Gasteiger partial charge in [-0.05, 0) is 18.2 Å². The number of aromatic nitrogens is 4. The smallest absolute Gasteiger partial charge is 0.291 e. The van der Waals surface area contributed by atoms with E-state index in [1.54, 1.807) is 30.2 Å². The summed E-state index contributed by atoms with van der Waals surface area (Å²) < 4.78 is 1.67. The highest BCUT2D eigenvalue weighted by Crippen LogP contribution is 2.16. The molecule has 1 amide bonds. The Hall–Kier alpha value is -2.63. The highest BCUT2D eigenvalue weighted by atomic mass is 16.2. The normalized spacial score (nSPS) is 10.7. The predicted molar refractivity (Wildman–Crippen MR) is 67.3 cm³/mol. The Bertz CT molecular complexity index is 712. The van der Waals surface area contributed by atoms with Crippen molar-refractivity contribution >= 4 is 22.5 Å². The maximum atomic E-state index is 12.0. The predicted octanol–water partition coefficient (Wildman–Crippen LogP) is 1.55. The van der Waals surface area contributed by atoms with Crippen molar-refractivity contribution < 1.29 is 4.79 Å². The third kappa shape index (κ3) is 1.73. The average Bonchev–Trinajstić information content (AvgIpc) is 2.96. The molecule has 0 saturated heterocycles.